The number of thioether (sulfide) groups is 1. The first-order valence-corrected chi connectivity index (χ1v) is 7.31. The second-order valence-electron chi connectivity index (χ2n) is 4.09. The highest BCUT2D eigenvalue weighted by Gasteiger charge is 2.11. The molecule has 0 saturated carbocycles. The van der Waals surface area contributed by atoms with Crippen LogP contribution in [0.15, 0.2) is 12.4 Å². The van der Waals surface area contributed by atoms with E-state index >= 15 is 0 Å². The molecule has 1 aromatic rings. The topological polar surface area (TPSA) is 41.1 Å². The van der Waals surface area contributed by atoms with Gasteiger partial charge in [-0.3, -0.25) is 0 Å². The molecule has 0 amide bonds. The van der Waals surface area contributed by atoms with E-state index in [-0.39, 0.29) is 0 Å². The van der Waals surface area contributed by atoms with Crippen LogP contribution in [0.4, 0.5) is 5.95 Å². The monoisotopic (exact) mass is 254 g/mol. The zero-order valence-corrected chi connectivity index (χ0v) is 11.9. The third kappa shape index (κ3) is 4.52. The van der Waals surface area contributed by atoms with E-state index in [9.17, 15) is 0 Å². The molecule has 0 aliphatic carbocycles. The number of nitrogens with zero attached hydrogens (tertiary/aromatic N) is 3. The summed E-state index contributed by atoms with van der Waals surface area (Å²) in [5.41, 5.74) is 1.13. The van der Waals surface area contributed by atoms with Crippen LogP contribution in [0.3, 0.4) is 0 Å². The first-order valence-electron chi connectivity index (χ1n) is 5.92. The van der Waals surface area contributed by atoms with E-state index in [0.29, 0.717) is 6.04 Å². The van der Waals surface area contributed by atoms with E-state index < -0.39 is 0 Å². The van der Waals surface area contributed by atoms with Gasteiger partial charge in [0.25, 0.3) is 0 Å². The number of rotatable bonds is 7. The summed E-state index contributed by atoms with van der Waals surface area (Å²) in [6.07, 6.45) is 5.91. The molecule has 0 radical (unpaired) electrons. The molecule has 0 fully saturated rings. The lowest BCUT2D eigenvalue weighted by Gasteiger charge is -2.24. The van der Waals surface area contributed by atoms with Crippen molar-refractivity contribution < 1.29 is 0 Å². The summed E-state index contributed by atoms with van der Waals surface area (Å²) in [5.74, 6) is 1.88. The molecule has 0 saturated heterocycles. The second kappa shape index (κ2) is 7.50. The van der Waals surface area contributed by atoms with Crippen molar-refractivity contribution in [3.05, 3.63) is 18.0 Å². The fourth-order valence-corrected chi connectivity index (χ4v) is 2.15. The molecule has 4 nitrogen and oxygen atoms in total. The van der Waals surface area contributed by atoms with Gasteiger partial charge in [0.1, 0.15) is 0 Å². The number of hydrogen-bond acceptors (Lipinski definition) is 5. The normalized spacial score (nSPS) is 12.5. The molecule has 1 N–H and O–H groups in total. The second-order valence-corrected chi connectivity index (χ2v) is 5.00. The van der Waals surface area contributed by atoms with Crippen molar-refractivity contribution in [3.8, 4) is 0 Å². The third-order valence-corrected chi connectivity index (χ3v) is 3.47. The van der Waals surface area contributed by atoms with E-state index in [1.807, 2.05) is 31.2 Å². The lowest BCUT2D eigenvalue weighted by Crippen LogP contribution is -2.32. The molecule has 0 aliphatic heterocycles. The lowest BCUT2D eigenvalue weighted by atomic mass is 10.3. The minimum atomic E-state index is 0.449. The molecule has 1 atom stereocenters. The molecular formula is C12H22N4S. The van der Waals surface area contributed by atoms with Crippen LogP contribution >= 0.6 is 11.8 Å². The third-order valence-electron chi connectivity index (χ3n) is 2.66. The summed E-state index contributed by atoms with van der Waals surface area (Å²) >= 11 is 1.84. The SMILES string of the molecule is CCNCc1cnc(N(C)C(C)CSC)nc1. The van der Waals surface area contributed by atoms with Crippen LogP contribution in [0.1, 0.15) is 19.4 Å². The van der Waals surface area contributed by atoms with Crippen LogP contribution in [0.25, 0.3) is 0 Å². The Bertz CT molecular complexity index is 315. The smallest absolute Gasteiger partial charge is 0.225 e. The molecule has 0 bridgehead atoms. The van der Waals surface area contributed by atoms with E-state index in [2.05, 4.69) is 40.3 Å². The van der Waals surface area contributed by atoms with Gasteiger partial charge in [-0.25, -0.2) is 9.97 Å². The molecule has 1 aromatic heterocycles. The van der Waals surface area contributed by atoms with Crippen LogP contribution in [0, 0.1) is 0 Å². The summed E-state index contributed by atoms with van der Waals surface area (Å²) in [6, 6.07) is 0.449. The Morgan fingerprint density at radius 3 is 2.59 bits per heavy atom. The Morgan fingerprint density at radius 2 is 2.06 bits per heavy atom. The maximum Gasteiger partial charge on any atom is 0.225 e. The van der Waals surface area contributed by atoms with Crippen molar-refractivity contribution in [2.45, 2.75) is 26.4 Å². The number of nitrogens with one attached hydrogen (secondary N) is 1. The maximum atomic E-state index is 4.40. The highest BCUT2D eigenvalue weighted by atomic mass is 32.2. The van der Waals surface area contributed by atoms with Gasteiger partial charge in [-0.2, -0.15) is 11.8 Å². The molecule has 1 unspecified atom stereocenters. The lowest BCUT2D eigenvalue weighted by molar-refractivity contribution is 0.711. The fraction of sp³-hybridized carbons (Fsp3) is 0.667. The Morgan fingerprint density at radius 1 is 1.41 bits per heavy atom. The maximum absolute atomic E-state index is 4.40. The van der Waals surface area contributed by atoms with Gasteiger partial charge >= 0.3 is 0 Å². The number of anilines is 1. The summed E-state index contributed by atoms with van der Waals surface area (Å²) in [5, 5.41) is 3.26. The van der Waals surface area contributed by atoms with Crippen molar-refractivity contribution in [3.63, 3.8) is 0 Å². The Labute approximate surface area is 108 Å². The van der Waals surface area contributed by atoms with Gasteiger partial charge in [0.15, 0.2) is 0 Å². The van der Waals surface area contributed by atoms with E-state index in [1.165, 1.54) is 0 Å². The molecule has 0 aromatic carbocycles. The molecule has 1 heterocycles. The van der Waals surface area contributed by atoms with E-state index in [0.717, 1.165) is 30.4 Å². The summed E-state index contributed by atoms with van der Waals surface area (Å²) in [7, 11) is 2.04. The number of aromatic nitrogens is 2. The van der Waals surface area contributed by atoms with Crippen molar-refractivity contribution >= 4 is 17.7 Å². The van der Waals surface area contributed by atoms with Gasteiger partial charge in [-0.1, -0.05) is 6.92 Å². The Balaban J connectivity index is 2.60. The highest BCUT2D eigenvalue weighted by molar-refractivity contribution is 7.98. The standard InChI is InChI=1S/C12H22N4S/c1-5-13-6-11-7-14-12(15-8-11)16(3)10(2)9-17-4/h7-8,10,13H,5-6,9H2,1-4H3. The zero-order valence-electron chi connectivity index (χ0n) is 11.1. The zero-order chi connectivity index (χ0) is 12.7. The molecular weight excluding hydrogens is 232 g/mol. The van der Waals surface area contributed by atoms with Crippen molar-refractivity contribution in [1.29, 1.82) is 0 Å². The Hall–Kier alpha value is -0.810. The molecule has 17 heavy (non-hydrogen) atoms. The molecule has 0 aliphatic rings. The minimum Gasteiger partial charge on any atom is -0.340 e. The van der Waals surface area contributed by atoms with Crippen molar-refractivity contribution in [2.24, 2.45) is 0 Å². The van der Waals surface area contributed by atoms with Gasteiger partial charge in [0, 0.05) is 43.3 Å². The average Bonchev–Trinajstić information content (AvgIpc) is 2.36. The van der Waals surface area contributed by atoms with Crippen LogP contribution in [0.2, 0.25) is 0 Å². The van der Waals surface area contributed by atoms with Gasteiger partial charge in [0.05, 0.1) is 0 Å². The first kappa shape index (κ1) is 14.3. The summed E-state index contributed by atoms with van der Waals surface area (Å²) in [6.45, 7) is 6.08. The number of hydrogen-bond donors (Lipinski definition) is 1. The van der Waals surface area contributed by atoms with Gasteiger partial charge in [-0.05, 0) is 19.7 Å². The minimum absolute atomic E-state index is 0.449. The highest BCUT2D eigenvalue weighted by Crippen LogP contribution is 2.11. The largest absolute Gasteiger partial charge is 0.340 e. The van der Waals surface area contributed by atoms with E-state index in [1.54, 1.807) is 0 Å². The van der Waals surface area contributed by atoms with Crippen LogP contribution in [-0.4, -0.2) is 41.6 Å². The first-order chi connectivity index (χ1) is 8.19. The van der Waals surface area contributed by atoms with Crippen LogP contribution in [-0.2, 0) is 6.54 Å². The molecule has 0 spiro atoms. The van der Waals surface area contributed by atoms with Crippen molar-refractivity contribution in [2.75, 3.05) is 30.5 Å². The van der Waals surface area contributed by atoms with Crippen LogP contribution in [0.5, 0.6) is 0 Å². The van der Waals surface area contributed by atoms with Gasteiger partial charge < -0.3 is 10.2 Å². The molecule has 5 heteroatoms. The predicted molar refractivity (Wildman–Crippen MR) is 75.7 cm³/mol. The fourth-order valence-electron chi connectivity index (χ4n) is 1.44. The summed E-state index contributed by atoms with van der Waals surface area (Å²) in [4.78, 5) is 10.9. The quantitative estimate of drug-likeness (QED) is 0.803. The molecule has 1 rings (SSSR count). The average molecular weight is 254 g/mol. The van der Waals surface area contributed by atoms with E-state index in [4.69, 9.17) is 0 Å². The van der Waals surface area contributed by atoms with Gasteiger partial charge in [-0.15, -0.1) is 0 Å². The van der Waals surface area contributed by atoms with Crippen LogP contribution < -0.4 is 10.2 Å². The van der Waals surface area contributed by atoms with Crippen molar-refractivity contribution in [1.82, 2.24) is 15.3 Å². The predicted octanol–water partition coefficient (Wildman–Crippen LogP) is 1.77. The molecule has 96 valence electrons. The van der Waals surface area contributed by atoms with Gasteiger partial charge in [0.2, 0.25) is 5.95 Å². The summed E-state index contributed by atoms with van der Waals surface area (Å²) < 4.78 is 0. The Kier molecular flexibility index (Phi) is 6.29.